The Morgan fingerprint density at radius 1 is 1.17 bits per heavy atom. The lowest BCUT2D eigenvalue weighted by Crippen LogP contribution is -2.01. The Morgan fingerprint density at radius 2 is 1.97 bits per heavy atom. The second-order valence-corrected chi connectivity index (χ2v) is 7.21. The molecule has 0 unspecified atom stereocenters. The number of ketones is 1. The first kappa shape index (κ1) is 19.8. The Balaban J connectivity index is 1.63. The van der Waals surface area contributed by atoms with E-state index in [0.717, 1.165) is 35.7 Å². The van der Waals surface area contributed by atoms with Gasteiger partial charge in [0.25, 0.3) is 0 Å². The van der Waals surface area contributed by atoms with Gasteiger partial charge in [0.2, 0.25) is 11.6 Å². The van der Waals surface area contributed by atoms with Gasteiger partial charge in [0.15, 0.2) is 0 Å². The van der Waals surface area contributed by atoms with E-state index in [2.05, 4.69) is 25.6 Å². The maximum Gasteiger partial charge on any atom is 0.244 e. The molecule has 4 rings (SSSR count). The fourth-order valence-electron chi connectivity index (χ4n) is 3.35. The second-order valence-electron chi connectivity index (χ2n) is 6.78. The Hall–Kier alpha value is -3.52. The Labute approximate surface area is 175 Å². The predicted octanol–water partition coefficient (Wildman–Crippen LogP) is 4.43. The number of aliphatic hydroxyl groups is 1. The van der Waals surface area contributed by atoms with Crippen LogP contribution in [0.3, 0.4) is 0 Å². The monoisotopic (exact) mass is 425 g/mol. The van der Waals surface area contributed by atoms with Gasteiger partial charge in [0.1, 0.15) is 11.6 Å². The van der Waals surface area contributed by atoms with Gasteiger partial charge < -0.3 is 10.1 Å². The topological polar surface area (TPSA) is 108 Å². The number of tetrazole rings is 1. The van der Waals surface area contributed by atoms with E-state index in [0.29, 0.717) is 22.4 Å². The van der Waals surface area contributed by atoms with Crippen molar-refractivity contribution in [3.8, 4) is 0 Å². The molecule has 2 heterocycles. The number of hydrogen-bond donors (Lipinski definition) is 3. The van der Waals surface area contributed by atoms with E-state index < -0.39 is 5.78 Å². The Bertz CT molecular complexity index is 1220. The van der Waals surface area contributed by atoms with Gasteiger partial charge in [-0.2, -0.15) is 5.21 Å². The average Bonchev–Trinajstić information content (AvgIpc) is 3.37. The molecule has 0 spiro atoms. The number of carbonyl (C=O) groups excluding carboxylic acids is 1. The number of H-pyrrole nitrogens is 2. The van der Waals surface area contributed by atoms with Crippen molar-refractivity contribution in [1.29, 1.82) is 0 Å². The fraction of sp³-hybridized carbons (Fsp3) is 0.143. The molecule has 0 saturated heterocycles. The summed E-state index contributed by atoms with van der Waals surface area (Å²) < 4.78 is 13.1. The average molecular weight is 426 g/mol. The Kier molecular flexibility index (Phi) is 5.58. The zero-order valence-electron chi connectivity index (χ0n) is 15.7. The van der Waals surface area contributed by atoms with Gasteiger partial charge in [-0.3, -0.25) is 4.79 Å². The zero-order chi connectivity index (χ0) is 21.1. The third-order valence-corrected chi connectivity index (χ3v) is 4.97. The van der Waals surface area contributed by atoms with Crippen LogP contribution in [0.1, 0.15) is 33.9 Å². The van der Waals surface area contributed by atoms with E-state index in [1.165, 1.54) is 12.1 Å². The number of allylic oxidation sites excluding steroid dienone is 1. The number of aromatic nitrogens is 5. The first-order valence-electron chi connectivity index (χ1n) is 9.24. The van der Waals surface area contributed by atoms with Crippen molar-refractivity contribution in [2.45, 2.75) is 19.3 Å². The molecule has 152 valence electrons. The predicted molar refractivity (Wildman–Crippen MR) is 111 cm³/mol. The molecule has 2 aromatic heterocycles. The quantitative estimate of drug-likeness (QED) is 0.230. The highest BCUT2D eigenvalue weighted by Gasteiger charge is 2.18. The molecule has 7 nitrogen and oxygen atoms in total. The molecule has 0 bridgehead atoms. The standard InChI is InChI=1S/C21H17ClFN5O2/c22-13-6-9-16-15(10-13)20(18(29)11-19(30)21-25-27-28-26-21)17(24-16)3-1-2-12-4-7-14(23)8-5-12/h4-11,24,29H,1-3H2,(H,25,26,27,28)/b18-11-. The number of aliphatic hydroxyl groups excluding tert-OH is 1. The number of nitrogens with one attached hydrogen (secondary N) is 2. The van der Waals surface area contributed by atoms with Gasteiger partial charge in [0.05, 0.1) is 0 Å². The fourth-order valence-corrected chi connectivity index (χ4v) is 3.52. The SMILES string of the molecule is O=C(/C=C(\O)c1c(CCCc2ccc(F)cc2)[nH]c2ccc(Cl)cc12)c1nn[nH]n1. The molecule has 0 saturated carbocycles. The number of aromatic amines is 2. The van der Waals surface area contributed by atoms with Crippen LogP contribution in [0.5, 0.6) is 0 Å². The van der Waals surface area contributed by atoms with Crippen molar-refractivity contribution >= 4 is 34.0 Å². The summed E-state index contributed by atoms with van der Waals surface area (Å²) >= 11 is 6.14. The lowest BCUT2D eigenvalue weighted by molar-refractivity contribution is 0.103. The minimum atomic E-state index is -0.574. The van der Waals surface area contributed by atoms with Crippen molar-refractivity contribution in [1.82, 2.24) is 25.6 Å². The normalized spacial score (nSPS) is 11.9. The van der Waals surface area contributed by atoms with Gasteiger partial charge in [-0.15, -0.1) is 10.2 Å². The highest BCUT2D eigenvalue weighted by atomic mass is 35.5. The molecule has 0 aliphatic carbocycles. The molecular weight excluding hydrogens is 409 g/mol. The van der Waals surface area contributed by atoms with Crippen LogP contribution in [0.4, 0.5) is 4.39 Å². The largest absolute Gasteiger partial charge is 0.507 e. The van der Waals surface area contributed by atoms with Crippen LogP contribution in [-0.2, 0) is 12.8 Å². The summed E-state index contributed by atoms with van der Waals surface area (Å²) in [6.07, 6.45) is 3.17. The summed E-state index contributed by atoms with van der Waals surface area (Å²) in [7, 11) is 0. The number of halogens is 2. The van der Waals surface area contributed by atoms with Crippen LogP contribution in [0.2, 0.25) is 5.02 Å². The minimum absolute atomic E-state index is 0.141. The summed E-state index contributed by atoms with van der Waals surface area (Å²) in [6, 6.07) is 11.7. The number of rotatable bonds is 7. The third kappa shape index (κ3) is 4.23. The van der Waals surface area contributed by atoms with Gasteiger partial charge in [0, 0.05) is 33.3 Å². The van der Waals surface area contributed by atoms with E-state index in [-0.39, 0.29) is 17.4 Å². The number of fused-ring (bicyclic) bond motifs is 1. The van der Waals surface area contributed by atoms with Crippen LogP contribution < -0.4 is 0 Å². The van der Waals surface area contributed by atoms with Gasteiger partial charge in [-0.1, -0.05) is 23.7 Å². The molecular formula is C21H17ClFN5O2. The second kappa shape index (κ2) is 8.46. The van der Waals surface area contributed by atoms with Crippen molar-refractivity contribution in [2.24, 2.45) is 0 Å². The molecule has 2 aromatic carbocycles. The molecule has 0 amide bonds. The van der Waals surface area contributed by atoms with E-state index in [9.17, 15) is 14.3 Å². The van der Waals surface area contributed by atoms with Crippen LogP contribution in [0.25, 0.3) is 16.7 Å². The highest BCUT2D eigenvalue weighted by molar-refractivity contribution is 6.31. The summed E-state index contributed by atoms with van der Waals surface area (Å²) in [5.41, 5.74) is 3.08. The van der Waals surface area contributed by atoms with Crippen LogP contribution in [0, 0.1) is 5.82 Å². The van der Waals surface area contributed by atoms with Crippen LogP contribution >= 0.6 is 11.6 Å². The number of benzene rings is 2. The molecule has 0 aliphatic heterocycles. The van der Waals surface area contributed by atoms with E-state index in [4.69, 9.17) is 11.6 Å². The van der Waals surface area contributed by atoms with Crippen LogP contribution in [0.15, 0.2) is 48.5 Å². The summed E-state index contributed by atoms with van der Waals surface area (Å²) in [5.74, 6) is -1.20. The number of hydrogen-bond acceptors (Lipinski definition) is 5. The van der Waals surface area contributed by atoms with Gasteiger partial charge in [-0.05, 0) is 60.4 Å². The zero-order valence-corrected chi connectivity index (χ0v) is 16.4. The van der Waals surface area contributed by atoms with E-state index in [1.807, 2.05) is 6.07 Å². The van der Waals surface area contributed by atoms with Crippen LogP contribution in [-0.4, -0.2) is 36.5 Å². The first-order chi connectivity index (χ1) is 14.5. The maximum absolute atomic E-state index is 13.1. The molecule has 0 fully saturated rings. The van der Waals surface area contributed by atoms with E-state index in [1.54, 1.807) is 24.3 Å². The molecule has 3 N–H and O–H groups in total. The van der Waals surface area contributed by atoms with Gasteiger partial charge in [-0.25, -0.2) is 4.39 Å². The summed E-state index contributed by atoms with van der Waals surface area (Å²) in [5, 5.41) is 24.8. The molecule has 0 aliphatic rings. The van der Waals surface area contributed by atoms with Crippen molar-refractivity contribution in [3.63, 3.8) is 0 Å². The van der Waals surface area contributed by atoms with Crippen molar-refractivity contribution < 1.29 is 14.3 Å². The molecule has 30 heavy (non-hydrogen) atoms. The molecule has 0 atom stereocenters. The number of nitrogens with zero attached hydrogens (tertiary/aromatic N) is 3. The number of carbonyl (C=O) groups is 1. The van der Waals surface area contributed by atoms with Gasteiger partial charge >= 0.3 is 0 Å². The van der Waals surface area contributed by atoms with E-state index >= 15 is 0 Å². The first-order valence-corrected chi connectivity index (χ1v) is 9.62. The molecule has 4 aromatic rings. The lowest BCUT2D eigenvalue weighted by atomic mass is 10.0. The number of aryl methyl sites for hydroxylation is 2. The van der Waals surface area contributed by atoms with Crippen molar-refractivity contribution in [3.05, 3.63) is 82.0 Å². The summed E-state index contributed by atoms with van der Waals surface area (Å²) in [4.78, 5) is 15.6. The summed E-state index contributed by atoms with van der Waals surface area (Å²) in [6.45, 7) is 0. The third-order valence-electron chi connectivity index (χ3n) is 4.73. The molecule has 9 heteroatoms. The lowest BCUT2D eigenvalue weighted by Gasteiger charge is -2.05. The molecule has 0 radical (unpaired) electrons. The maximum atomic E-state index is 13.1. The smallest absolute Gasteiger partial charge is 0.244 e. The highest BCUT2D eigenvalue weighted by Crippen LogP contribution is 2.31. The Morgan fingerprint density at radius 3 is 2.70 bits per heavy atom. The van der Waals surface area contributed by atoms with Crippen molar-refractivity contribution in [2.75, 3.05) is 0 Å². The minimum Gasteiger partial charge on any atom is -0.507 e.